The number of hydrogen-bond acceptors (Lipinski definition) is 1. The lowest BCUT2D eigenvalue weighted by Gasteiger charge is -2.39. The monoisotopic (exact) mass is 156 g/mol. The molecule has 0 aromatic carbocycles. The molecule has 1 nitrogen and oxygen atoms in total. The van der Waals surface area contributed by atoms with E-state index in [0.29, 0.717) is 11.8 Å². The molecule has 1 heteroatoms. The first-order valence-corrected chi connectivity index (χ1v) is 4.76. The summed E-state index contributed by atoms with van der Waals surface area (Å²) in [5, 5.41) is 10.0. The zero-order chi connectivity index (χ0) is 8.48. The normalized spacial score (nSPS) is 39.5. The average molecular weight is 156 g/mol. The number of aliphatic hydroxyl groups is 1. The Balaban J connectivity index is 2.60. The molecule has 1 rings (SSSR count). The van der Waals surface area contributed by atoms with E-state index in [1.807, 2.05) is 6.92 Å². The van der Waals surface area contributed by atoms with Crippen molar-refractivity contribution >= 4 is 0 Å². The van der Waals surface area contributed by atoms with Crippen molar-refractivity contribution in [3.05, 3.63) is 0 Å². The molecule has 11 heavy (non-hydrogen) atoms. The molecule has 66 valence electrons. The molecule has 1 aliphatic carbocycles. The predicted octanol–water partition coefficient (Wildman–Crippen LogP) is 2.58. The van der Waals surface area contributed by atoms with E-state index in [9.17, 15) is 5.11 Å². The van der Waals surface area contributed by atoms with Crippen LogP contribution in [-0.2, 0) is 0 Å². The maximum atomic E-state index is 10.0. The molecule has 0 amide bonds. The van der Waals surface area contributed by atoms with Crippen LogP contribution in [0.3, 0.4) is 0 Å². The van der Waals surface area contributed by atoms with E-state index in [4.69, 9.17) is 0 Å². The Bertz CT molecular complexity index is 127. The summed E-state index contributed by atoms with van der Waals surface area (Å²) in [6, 6.07) is 0. The third-order valence-corrected chi connectivity index (χ3v) is 3.05. The number of rotatable bonds is 1. The van der Waals surface area contributed by atoms with Gasteiger partial charge < -0.3 is 5.11 Å². The molecule has 0 aliphatic heterocycles. The molecule has 1 N–H and O–H groups in total. The van der Waals surface area contributed by atoms with E-state index in [1.54, 1.807) is 0 Å². The van der Waals surface area contributed by atoms with Gasteiger partial charge >= 0.3 is 0 Å². The highest BCUT2D eigenvalue weighted by Crippen LogP contribution is 2.37. The van der Waals surface area contributed by atoms with Crippen LogP contribution in [0.5, 0.6) is 0 Å². The molecule has 0 heterocycles. The van der Waals surface area contributed by atoms with Crippen molar-refractivity contribution in [1.82, 2.24) is 0 Å². The zero-order valence-electron chi connectivity index (χ0n) is 7.93. The fourth-order valence-electron chi connectivity index (χ4n) is 2.39. The van der Waals surface area contributed by atoms with Crippen molar-refractivity contribution in [3.63, 3.8) is 0 Å². The van der Waals surface area contributed by atoms with Crippen molar-refractivity contribution in [2.24, 2.45) is 11.8 Å². The molecule has 1 saturated carbocycles. The second-order valence-electron chi connectivity index (χ2n) is 4.45. The molecule has 0 bridgehead atoms. The van der Waals surface area contributed by atoms with Crippen LogP contribution in [0.4, 0.5) is 0 Å². The van der Waals surface area contributed by atoms with Crippen LogP contribution in [0.25, 0.3) is 0 Å². The van der Waals surface area contributed by atoms with Crippen LogP contribution in [-0.4, -0.2) is 10.7 Å². The van der Waals surface area contributed by atoms with Gasteiger partial charge in [0.05, 0.1) is 5.60 Å². The summed E-state index contributed by atoms with van der Waals surface area (Å²) in [4.78, 5) is 0. The molecule has 1 aliphatic rings. The lowest BCUT2D eigenvalue weighted by Crippen LogP contribution is -2.40. The van der Waals surface area contributed by atoms with Crippen LogP contribution in [0, 0.1) is 11.8 Å². The highest BCUT2D eigenvalue weighted by molar-refractivity contribution is 4.87. The van der Waals surface area contributed by atoms with Gasteiger partial charge in [-0.05, 0) is 31.6 Å². The van der Waals surface area contributed by atoms with Crippen molar-refractivity contribution in [2.45, 2.75) is 52.1 Å². The summed E-state index contributed by atoms with van der Waals surface area (Å²) in [5.41, 5.74) is -0.383. The SMILES string of the molecule is CC(C)[C@@H]1CCCC[C@]1(C)O. The van der Waals surface area contributed by atoms with Gasteiger partial charge in [-0.1, -0.05) is 26.7 Å². The zero-order valence-corrected chi connectivity index (χ0v) is 7.93. The third-order valence-electron chi connectivity index (χ3n) is 3.05. The topological polar surface area (TPSA) is 20.2 Å². The van der Waals surface area contributed by atoms with Gasteiger partial charge in [-0.15, -0.1) is 0 Å². The minimum absolute atomic E-state index is 0.383. The van der Waals surface area contributed by atoms with E-state index in [0.717, 1.165) is 6.42 Å². The molecule has 0 unspecified atom stereocenters. The summed E-state index contributed by atoms with van der Waals surface area (Å²) in [7, 11) is 0. The van der Waals surface area contributed by atoms with Gasteiger partial charge in [-0.2, -0.15) is 0 Å². The van der Waals surface area contributed by atoms with Gasteiger partial charge in [0.15, 0.2) is 0 Å². The van der Waals surface area contributed by atoms with Crippen molar-refractivity contribution < 1.29 is 5.11 Å². The Labute approximate surface area is 69.8 Å². The lowest BCUT2D eigenvalue weighted by molar-refractivity contribution is -0.0500. The molecule has 0 spiro atoms. The fourth-order valence-corrected chi connectivity index (χ4v) is 2.39. The summed E-state index contributed by atoms with van der Waals surface area (Å²) < 4.78 is 0. The highest BCUT2D eigenvalue weighted by Gasteiger charge is 2.35. The van der Waals surface area contributed by atoms with E-state index in [-0.39, 0.29) is 5.60 Å². The van der Waals surface area contributed by atoms with Crippen LogP contribution in [0.1, 0.15) is 46.5 Å². The Morgan fingerprint density at radius 2 is 2.00 bits per heavy atom. The van der Waals surface area contributed by atoms with E-state index in [1.165, 1.54) is 19.3 Å². The van der Waals surface area contributed by atoms with E-state index in [2.05, 4.69) is 13.8 Å². The van der Waals surface area contributed by atoms with Gasteiger partial charge in [0.1, 0.15) is 0 Å². The van der Waals surface area contributed by atoms with Gasteiger partial charge in [0.2, 0.25) is 0 Å². The number of hydrogen-bond donors (Lipinski definition) is 1. The third kappa shape index (κ3) is 1.96. The van der Waals surface area contributed by atoms with E-state index >= 15 is 0 Å². The highest BCUT2D eigenvalue weighted by atomic mass is 16.3. The van der Waals surface area contributed by atoms with Crippen LogP contribution in [0.15, 0.2) is 0 Å². The van der Waals surface area contributed by atoms with Crippen LogP contribution in [0.2, 0.25) is 0 Å². The van der Waals surface area contributed by atoms with Crippen LogP contribution < -0.4 is 0 Å². The molecule has 2 atom stereocenters. The van der Waals surface area contributed by atoms with Crippen molar-refractivity contribution in [2.75, 3.05) is 0 Å². The van der Waals surface area contributed by atoms with Crippen LogP contribution >= 0.6 is 0 Å². The Hall–Kier alpha value is -0.0400. The Morgan fingerprint density at radius 3 is 2.36 bits per heavy atom. The molecule has 0 radical (unpaired) electrons. The van der Waals surface area contributed by atoms with Gasteiger partial charge in [0.25, 0.3) is 0 Å². The minimum atomic E-state index is -0.383. The summed E-state index contributed by atoms with van der Waals surface area (Å²) in [5.74, 6) is 1.15. The van der Waals surface area contributed by atoms with Gasteiger partial charge in [-0.3, -0.25) is 0 Å². The fraction of sp³-hybridized carbons (Fsp3) is 1.00. The standard InChI is InChI=1S/C10H20O/c1-8(2)9-6-4-5-7-10(9,3)11/h8-9,11H,4-7H2,1-3H3/t9-,10-/m0/s1. The molecule has 0 saturated heterocycles. The molecular formula is C10H20O. The Morgan fingerprint density at radius 1 is 1.36 bits per heavy atom. The summed E-state index contributed by atoms with van der Waals surface area (Å²) in [6.07, 6.45) is 4.72. The molecule has 1 fully saturated rings. The predicted molar refractivity (Wildman–Crippen MR) is 47.4 cm³/mol. The van der Waals surface area contributed by atoms with Crippen molar-refractivity contribution in [3.8, 4) is 0 Å². The molecule has 0 aromatic rings. The second-order valence-corrected chi connectivity index (χ2v) is 4.45. The van der Waals surface area contributed by atoms with Gasteiger partial charge in [0, 0.05) is 0 Å². The minimum Gasteiger partial charge on any atom is -0.390 e. The van der Waals surface area contributed by atoms with Crippen molar-refractivity contribution in [1.29, 1.82) is 0 Å². The lowest BCUT2D eigenvalue weighted by atomic mass is 9.71. The molecule has 0 aromatic heterocycles. The first-order chi connectivity index (χ1) is 5.04. The summed E-state index contributed by atoms with van der Waals surface area (Å²) in [6.45, 7) is 6.42. The maximum Gasteiger partial charge on any atom is 0.0650 e. The smallest absolute Gasteiger partial charge is 0.0650 e. The first-order valence-electron chi connectivity index (χ1n) is 4.76. The quantitative estimate of drug-likeness (QED) is 0.618. The first kappa shape index (κ1) is 9.05. The van der Waals surface area contributed by atoms with E-state index < -0.39 is 0 Å². The largest absolute Gasteiger partial charge is 0.390 e. The Kier molecular flexibility index (Phi) is 2.58. The average Bonchev–Trinajstić information content (AvgIpc) is 1.85. The summed E-state index contributed by atoms with van der Waals surface area (Å²) >= 11 is 0. The van der Waals surface area contributed by atoms with Gasteiger partial charge in [-0.25, -0.2) is 0 Å². The second kappa shape index (κ2) is 3.14. The molecular weight excluding hydrogens is 136 g/mol. The maximum absolute atomic E-state index is 10.0.